The zero-order valence-corrected chi connectivity index (χ0v) is 13.5. The van der Waals surface area contributed by atoms with Gasteiger partial charge in [0, 0.05) is 5.69 Å². The van der Waals surface area contributed by atoms with Crippen LogP contribution in [-0.4, -0.2) is 26.0 Å². The van der Waals surface area contributed by atoms with Crippen LogP contribution in [0.1, 0.15) is 27.3 Å². The zero-order valence-electron chi connectivity index (χ0n) is 13.5. The topological polar surface area (TPSA) is 80.0 Å². The van der Waals surface area contributed by atoms with Crippen molar-refractivity contribution in [2.75, 3.05) is 5.32 Å². The maximum atomic E-state index is 12.4. The van der Waals surface area contributed by atoms with Crippen LogP contribution in [0.25, 0.3) is 5.69 Å². The van der Waals surface area contributed by atoms with Gasteiger partial charge in [-0.25, -0.2) is 4.68 Å². The molecule has 0 bridgehead atoms. The van der Waals surface area contributed by atoms with Crippen molar-refractivity contribution in [3.63, 3.8) is 0 Å². The Kier molecular flexibility index (Phi) is 4.39. The summed E-state index contributed by atoms with van der Waals surface area (Å²) in [5.41, 5.74) is 4.27. The van der Waals surface area contributed by atoms with Crippen LogP contribution in [-0.2, 0) is 6.61 Å². The number of nitrogens with zero attached hydrogens (tertiary/aromatic N) is 3. The number of rotatable bonds is 4. The van der Waals surface area contributed by atoms with Gasteiger partial charge in [-0.2, -0.15) is 0 Å². The van der Waals surface area contributed by atoms with Crippen LogP contribution in [0, 0.1) is 13.8 Å². The summed E-state index contributed by atoms with van der Waals surface area (Å²) in [5, 5.41) is 20.0. The summed E-state index contributed by atoms with van der Waals surface area (Å²) in [6, 6.07) is 14.9. The molecule has 0 fully saturated rings. The highest BCUT2D eigenvalue weighted by atomic mass is 16.3. The second kappa shape index (κ2) is 6.64. The van der Waals surface area contributed by atoms with Crippen LogP contribution in [0.4, 0.5) is 5.69 Å². The van der Waals surface area contributed by atoms with Gasteiger partial charge in [0.25, 0.3) is 5.91 Å². The highest BCUT2D eigenvalue weighted by Gasteiger charge is 2.17. The van der Waals surface area contributed by atoms with E-state index in [1.165, 1.54) is 0 Å². The molecule has 0 saturated carbocycles. The number of aliphatic hydroxyl groups excluding tert-OH is 1. The minimum atomic E-state index is -0.332. The summed E-state index contributed by atoms with van der Waals surface area (Å²) in [4.78, 5) is 12.4. The molecule has 3 aromatic rings. The molecule has 24 heavy (non-hydrogen) atoms. The van der Waals surface area contributed by atoms with Crippen molar-refractivity contribution in [3.8, 4) is 5.69 Å². The van der Waals surface area contributed by atoms with Gasteiger partial charge in [0.2, 0.25) is 0 Å². The van der Waals surface area contributed by atoms with Crippen molar-refractivity contribution in [1.29, 1.82) is 0 Å². The average Bonchev–Trinajstić information content (AvgIpc) is 2.97. The molecule has 2 N–H and O–H groups in total. The summed E-state index contributed by atoms with van der Waals surface area (Å²) in [5.74, 6) is -0.332. The second-order valence-corrected chi connectivity index (χ2v) is 5.58. The molecule has 0 aliphatic heterocycles. The summed E-state index contributed by atoms with van der Waals surface area (Å²) in [6.07, 6.45) is 0. The van der Waals surface area contributed by atoms with Crippen molar-refractivity contribution in [2.45, 2.75) is 20.5 Å². The number of hydrogen-bond acceptors (Lipinski definition) is 4. The monoisotopic (exact) mass is 322 g/mol. The fourth-order valence-corrected chi connectivity index (χ4v) is 2.41. The third-order valence-electron chi connectivity index (χ3n) is 3.76. The molecule has 0 unspecified atom stereocenters. The van der Waals surface area contributed by atoms with E-state index in [1.54, 1.807) is 35.9 Å². The first-order valence-corrected chi connectivity index (χ1v) is 7.59. The Hall–Kier alpha value is -2.99. The van der Waals surface area contributed by atoms with Gasteiger partial charge < -0.3 is 10.4 Å². The molecular formula is C18H18N4O2. The Labute approximate surface area is 139 Å². The van der Waals surface area contributed by atoms with E-state index >= 15 is 0 Å². The minimum absolute atomic E-state index is 0.0770. The van der Waals surface area contributed by atoms with E-state index < -0.39 is 0 Å². The predicted molar refractivity (Wildman–Crippen MR) is 91.2 cm³/mol. The fourth-order valence-electron chi connectivity index (χ4n) is 2.41. The van der Waals surface area contributed by atoms with Crippen LogP contribution in [0.3, 0.4) is 0 Å². The van der Waals surface area contributed by atoms with Gasteiger partial charge in [-0.3, -0.25) is 4.79 Å². The molecule has 6 nitrogen and oxygen atoms in total. The van der Waals surface area contributed by atoms with E-state index in [-0.39, 0.29) is 18.2 Å². The third kappa shape index (κ3) is 3.18. The van der Waals surface area contributed by atoms with Crippen molar-refractivity contribution in [3.05, 3.63) is 71.0 Å². The molecule has 0 spiro atoms. The number of amides is 1. The van der Waals surface area contributed by atoms with Crippen LogP contribution in [0.5, 0.6) is 0 Å². The van der Waals surface area contributed by atoms with E-state index in [0.717, 1.165) is 16.8 Å². The zero-order chi connectivity index (χ0) is 17.1. The lowest BCUT2D eigenvalue weighted by molar-refractivity contribution is 0.102. The van der Waals surface area contributed by atoms with Crippen LogP contribution in [0.2, 0.25) is 0 Å². The molecule has 2 aromatic carbocycles. The number of aryl methyl sites for hydroxylation is 1. The van der Waals surface area contributed by atoms with Gasteiger partial charge in [-0.1, -0.05) is 35.0 Å². The first kappa shape index (κ1) is 15.9. The van der Waals surface area contributed by atoms with Crippen molar-refractivity contribution in [2.24, 2.45) is 0 Å². The molecule has 0 saturated heterocycles. The van der Waals surface area contributed by atoms with Gasteiger partial charge in [0.1, 0.15) is 0 Å². The number of hydrogen-bond donors (Lipinski definition) is 2. The fraction of sp³-hybridized carbons (Fsp3) is 0.167. The average molecular weight is 322 g/mol. The first-order valence-electron chi connectivity index (χ1n) is 7.59. The quantitative estimate of drug-likeness (QED) is 0.774. The lowest BCUT2D eigenvalue weighted by atomic mass is 10.2. The summed E-state index contributed by atoms with van der Waals surface area (Å²) >= 11 is 0. The van der Waals surface area contributed by atoms with Gasteiger partial charge in [0.15, 0.2) is 5.69 Å². The van der Waals surface area contributed by atoms with Gasteiger partial charge in [-0.15, -0.1) is 5.10 Å². The Bertz CT molecular complexity index is 869. The largest absolute Gasteiger partial charge is 0.392 e. The Morgan fingerprint density at radius 2 is 1.92 bits per heavy atom. The van der Waals surface area contributed by atoms with E-state index in [1.807, 2.05) is 31.2 Å². The molecule has 122 valence electrons. The second-order valence-electron chi connectivity index (χ2n) is 5.58. The number of anilines is 1. The van der Waals surface area contributed by atoms with Gasteiger partial charge in [-0.05, 0) is 43.7 Å². The molecule has 3 rings (SSSR count). The lowest BCUT2D eigenvalue weighted by Crippen LogP contribution is -2.14. The number of aliphatic hydroxyl groups is 1. The van der Waals surface area contributed by atoms with Gasteiger partial charge in [0.05, 0.1) is 18.0 Å². The van der Waals surface area contributed by atoms with Crippen molar-refractivity contribution < 1.29 is 9.90 Å². The van der Waals surface area contributed by atoms with Crippen molar-refractivity contribution in [1.82, 2.24) is 15.0 Å². The summed E-state index contributed by atoms with van der Waals surface area (Å²) in [7, 11) is 0. The standard InChI is InChI=1S/C18H18N4O2/c1-12-6-8-16(9-7-12)22-13(2)17(20-21-22)18(24)19-15-5-3-4-14(10-15)11-23/h3-10,23H,11H2,1-2H3,(H,19,24). The Morgan fingerprint density at radius 1 is 1.17 bits per heavy atom. The normalized spacial score (nSPS) is 10.6. The maximum absolute atomic E-state index is 12.4. The van der Waals surface area contributed by atoms with Crippen LogP contribution >= 0.6 is 0 Å². The first-order chi connectivity index (χ1) is 11.6. The molecule has 6 heteroatoms. The number of nitrogens with one attached hydrogen (secondary N) is 1. The van der Waals surface area contributed by atoms with E-state index in [9.17, 15) is 4.79 Å². The lowest BCUT2D eigenvalue weighted by Gasteiger charge is -2.06. The molecule has 1 heterocycles. The third-order valence-corrected chi connectivity index (χ3v) is 3.76. The maximum Gasteiger partial charge on any atom is 0.278 e. The predicted octanol–water partition coefficient (Wildman–Crippen LogP) is 2.63. The van der Waals surface area contributed by atoms with Crippen LogP contribution in [0.15, 0.2) is 48.5 Å². The molecule has 0 aliphatic rings. The SMILES string of the molecule is Cc1ccc(-n2nnc(C(=O)Nc3cccc(CO)c3)c2C)cc1. The van der Waals surface area contributed by atoms with E-state index in [0.29, 0.717) is 11.4 Å². The van der Waals surface area contributed by atoms with Crippen LogP contribution < -0.4 is 5.32 Å². The molecule has 0 radical (unpaired) electrons. The molecule has 0 atom stereocenters. The summed E-state index contributed by atoms with van der Waals surface area (Å²) in [6.45, 7) is 3.74. The van der Waals surface area contributed by atoms with Crippen molar-refractivity contribution >= 4 is 11.6 Å². The number of aromatic nitrogens is 3. The minimum Gasteiger partial charge on any atom is -0.392 e. The molecule has 1 aromatic heterocycles. The molecule has 1 amide bonds. The molecular weight excluding hydrogens is 304 g/mol. The Balaban J connectivity index is 1.84. The summed E-state index contributed by atoms with van der Waals surface area (Å²) < 4.78 is 1.64. The van der Waals surface area contributed by atoms with Gasteiger partial charge >= 0.3 is 0 Å². The highest BCUT2D eigenvalue weighted by molar-refractivity contribution is 6.03. The highest BCUT2D eigenvalue weighted by Crippen LogP contribution is 2.16. The Morgan fingerprint density at radius 3 is 2.62 bits per heavy atom. The number of carbonyl (C=O) groups is 1. The van der Waals surface area contributed by atoms with E-state index in [2.05, 4.69) is 15.6 Å². The number of carbonyl (C=O) groups excluding carboxylic acids is 1. The smallest absolute Gasteiger partial charge is 0.278 e. The molecule has 0 aliphatic carbocycles. The number of benzene rings is 2. The van der Waals surface area contributed by atoms with E-state index in [4.69, 9.17) is 5.11 Å².